The summed E-state index contributed by atoms with van der Waals surface area (Å²) in [5.74, 6) is 0. The molecule has 0 saturated carbocycles. The second kappa shape index (κ2) is 5.12. The smallest absolute Gasteiger partial charge is 0.416 e. The first-order valence-corrected chi connectivity index (χ1v) is 5.11. The number of halogens is 3. The lowest BCUT2D eigenvalue weighted by molar-refractivity contribution is -0.254. The zero-order chi connectivity index (χ0) is 13.9. The second-order valence-electron chi connectivity index (χ2n) is 4.95. The zero-order valence-electron chi connectivity index (χ0n) is 10.3. The maximum atomic E-state index is 12.2. The number of ether oxygens (including phenoxy) is 1. The minimum absolute atomic E-state index is 0.318. The van der Waals surface area contributed by atoms with E-state index >= 15 is 0 Å². The molecule has 0 fully saturated rings. The van der Waals surface area contributed by atoms with Gasteiger partial charge in [0.05, 0.1) is 0 Å². The monoisotopic (exact) mass is 257 g/mol. The molecular formula is C10H18F3NO3. The van der Waals surface area contributed by atoms with Crippen LogP contribution in [-0.2, 0) is 4.74 Å². The van der Waals surface area contributed by atoms with Crippen LogP contribution in [0.15, 0.2) is 0 Å². The maximum absolute atomic E-state index is 12.2. The lowest BCUT2D eigenvalue weighted by Gasteiger charge is -2.26. The molecule has 7 heteroatoms. The SMILES string of the molecule is CC(C)(C)OC(=O)NCCC(C)(O)C(F)(F)F. The topological polar surface area (TPSA) is 58.6 Å². The first-order valence-electron chi connectivity index (χ1n) is 5.11. The summed E-state index contributed by atoms with van der Waals surface area (Å²) in [6.07, 6.45) is -6.16. The summed E-state index contributed by atoms with van der Waals surface area (Å²) in [6.45, 7) is 5.25. The van der Waals surface area contributed by atoms with E-state index in [1.54, 1.807) is 20.8 Å². The Morgan fingerprint density at radius 1 is 1.24 bits per heavy atom. The zero-order valence-corrected chi connectivity index (χ0v) is 10.3. The highest BCUT2D eigenvalue weighted by Crippen LogP contribution is 2.32. The molecule has 0 bridgehead atoms. The molecule has 0 rings (SSSR count). The Morgan fingerprint density at radius 3 is 2.06 bits per heavy atom. The third-order valence-corrected chi connectivity index (χ3v) is 1.89. The third kappa shape index (κ3) is 6.35. The Bertz CT molecular complexity index is 269. The van der Waals surface area contributed by atoms with E-state index in [9.17, 15) is 18.0 Å². The molecule has 1 unspecified atom stereocenters. The highest BCUT2D eigenvalue weighted by Gasteiger charge is 2.49. The van der Waals surface area contributed by atoms with E-state index in [0.29, 0.717) is 6.92 Å². The number of alkyl halides is 3. The molecule has 0 spiro atoms. The van der Waals surface area contributed by atoms with Crippen molar-refractivity contribution in [3.8, 4) is 0 Å². The largest absolute Gasteiger partial charge is 0.444 e. The fourth-order valence-electron chi connectivity index (χ4n) is 0.864. The van der Waals surface area contributed by atoms with Crippen LogP contribution in [0.5, 0.6) is 0 Å². The van der Waals surface area contributed by atoms with Crippen LogP contribution in [0.25, 0.3) is 0 Å². The van der Waals surface area contributed by atoms with Gasteiger partial charge in [0.25, 0.3) is 0 Å². The second-order valence-corrected chi connectivity index (χ2v) is 4.95. The number of nitrogens with one attached hydrogen (secondary N) is 1. The summed E-state index contributed by atoms with van der Waals surface area (Å²) >= 11 is 0. The van der Waals surface area contributed by atoms with Crippen molar-refractivity contribution in [2.45, 2.75) is 51.5 Å². The van der Waals surface area contributed by atoms with Gasteiger partial charge >= 0.3 is 12.3 Å². The van der Waals surface area contributed by atoms with Crippen LogP contribution in [0, 0.1) is 0 Å². The van der Waals surface area contributed by atoms with Gasteiger partial charge in [-0.15, -0.1) is 0 Å². The van der Waals surface area contributed by atoms with Gasteiger partial charge in [0.15, 0.2) is 5.60 Å². The Balaban J connectivity index is 4.05. The van der Waals surface area contributed by atoms with Crippen LogP contribution in [0.1, 0.15) is 34.1 Å². The summed E-state index contributed by atoms with van der Waals surface area (Å²) in [5, 5.41) is 11.2. The van der Waals surface area contributed by atoms with E-state index in [1.165, 1.54) is 0 Å². The van der Waals surface area contributed by atoms with Gasteiger partial charge in [-0.1, -0.05) is 0 Å². The fourth-order valence-corrected chi connectivity index (χ4v) is 0.864. The average molecular weight is 257 g/mol. The Hall–Kier alpha value is -0.980. The quantitative estimate of drug-likeness (QED) is 0.815. The number of carbonyl (C=O) groups excluding carboxylic acids is 1. The van der Waals surface area contributed by atoms with Crippen LogP contribution in [0.2, 0.25) is 0 Å². The van der Waals surface area contributed by atoms with Crippen molar-refractivity contribution in [3.63, 3.8) is 0 Å². The standard InChI is InChI=1S/C10H18F3NO3/c1-8(2,3)17-7(15)14-6-5-9(4,16)10(11,12)13/h16H,5-6H2,1-4H3,(H,14,15). The molecule has 0 aromatic heterocycles. The summed E-state index contributed by atoms with van der Waals surface area (Å²) in [5.41, 5.74) is -3.53. The van der Waals surface area contributed by atoms with Crippen molar-refractivity contribution in [2.24, 2.45) is 0 Å². The summed E-state index contributed by atoms with van der Waals surface area (Å²) in [7, 11) is 0. The Morgan fingerprint density at radius 2 is 1.71 bits per heavy atom. The Labute approximate surface area is 98.1 Å². The van der Waals surface area contributed by atoms with E-state index in [2.05, 4.69) is 5.32 Å². The third-order valence-electron chi connectivity index (χ3n) is 1.89. The predicted molar refractivity (Wildman–Crippen MR) is 55.5 cm³/mol. The molecule has 0 radical (unpaired) electrons. The van der Waals surface area contributed by atoms with Crippen LogP contribution in [-0.4, -0.2) is 35.1 Å². The van der Waals surface area contributed by atoms with Gasteiger partial charge in [-0.05, 0) is 27.7 Å². The molecule has 0 heterocycles. The molecule has 1 amide bonds. The minimum Gasteiger partial charge on any atom is -0.444 e. The number of aliphatic hydroxyl groups is 1. The number of amides is 1. The molecular weight excluding hydrogens is 239 g/mol. The van der Waals surface area contributed by atoms with Crippen LogP contribution in [0.4, 0.5) is 18.0 Å². The molecule has 102 valence electrons. The number of hydrogen-bond donors (Lipinski definition) is 2. The maximum Gasteiger partial charge on any atom is 0.416 e. The summed E-state index contributed by atoms with van der Waals surface area (Å²) in [4.78, 5) is 11.1. The fraction of sp³-hybridized carbons (Fsp3) is 0.900. The molecule has 0 aliphatic heterocycles. The molecule has 0 saturated heterocycles. The van der Waals surface area contributed by atoms with Gasteiger partial charge in [0.2, 0.25) is 0 Å². The average Bonchev–Trinajstić information content (AvgIpc) is 1.97. The van der Waals surface area contributed by atoms with E-state index in [1.807, 2.05) is 0 Å². The van der Waals surface area contributed by atoms with Gasteiger partial charge in [-0.2, -0.15) is 13.2 Å². The summed E-state index contributed by atoms with van der Waals surface area (Å²) in [6, 6.07) is 0. The van der Waals surface area contributed by atoms with E-state index in [0.717, 1.165) is 0 Å². The molecule has 0 aliphatic rings. The first kappa shape index (κ1) is 16.0. The van der Waals surface area contributed by atoms with E-state index in [4.69, 9.17) is 9.84 Å². The minimum atomic E-state index is -4.72. The van der Waals surface area contributed by atoms with Gasteiger partial charge in [-0.25, -0.2) is 4.79 Å². The molecule has 2 N–H and O–H groups in total. The number of hydrogen-bond acceptors (Lipinski definition) is 3. The van der Waals surface area contributed by atoms with Gasteiger partial charge in [0.1, 0.15) is 5.60 Å². The molecule has 0 aromatic rings. The molecule has 0 aromatic carbocycles. The number of carbonyl (C=O) groups is 1. The number of rotatable bonds is 3. The normalized spacial score (nSPS) is 16.2. The number of alkyl carbamates (subject to hydrolysis) is 1. The highest BCUT2D eigenvalue weighted by molar-refractivity contribution is 5.67. The van der Waals surface area contributed by atoms with E-state index < -0.39 is 29.9 Å². The lowest BCUT2D eigenvalue weighted by atomic mass is 10.0. The first-order chi connectivity index (χ1) is 7.35. The highest BCUT2D eigenvalue weighted by atomic mass is 19.4. The van der Waals surface area contributed by atoms with Crippen molar-refractivity contribution in [1.82, 2.24) is 5.32 Å². The van der Waals surface area contributed by atoms with E-state index in [-0.39, 0.29) is 6.54 Å². The molecule has 4 nitrogen and oxygen atoms in total. The van der Waals surface area contributed by atoms with Crippen molar-refractivity contribution in [2.75, 3.05) is 6.54 Å². The summed E-state index contributed by atoms with van der Waals surface area (Å²) < 4.78 is 41.5. The molecule has 0 aliphatic carbocycles. The molecule has 17 heavy (non-hydrogen) atoms. The van der Waals surface area contributed by atoms with Crippen LogP contribution >= 0.6 is 0 Å². The van der Waals surface area contributed by atoms with Gasteiger partial charge in [0, 0.05) is 13.0 Å². The van der Waals surface area contributed by atoms with Gasteiger partial charge < -0.3 is 15.2 Å². The van der Waals surface area contributed by atoms with Crippen molar-refractivity contribution < 1.29 is 27.8 Å². The van der Waals surface area contributed by atoms with Gasteiger partial charge in [-0.3, -0.25) is 0 Å². The lowest BCUT2D eigenvalue weighted by Crippen LogP contribution is -2.45. The van der Waals surface area contributed by atoms with Crippen LogP contribution in [0.3, 0.4) is 0 Å². The molecule has 1 atom stereocenters. The predicted octanol–water partition coefficient (Wildman–Crippen LogP) is 2.21. The Kier molecular flexibility index (Phi) is 4.82. The van der Waals surface area contributed by atoms with Crippen molar-refractivity contribution in [1.29, 1.82) is 0 Å². The van der Waals surface area contributed by atoms with Crippen molar-refractivity contribution >= 4 is 6.09 Å². The van der Waals surface area contributed by atoms with Crippen molar-refractivity contribution in [3.05, 3.63) is 0 Å². The van der Waals surface area contributed by atoms with Crippen LogP contribution < -0.4 is 5.32 Å².